The predicted molar refractivity (Wildman–Crippen MR) is 75.6 cm³/mol. The first-order valence-corrected chi connectivity index (χ1v) is 7.11. The van der Waals surface area contributed by atoms with Crippen LogP contribution in [0.15, 0.2) is 59.5 Å². The summed E-state index contributed by atoms with van der Waals surface area (Å²) in [6.07, 6.45) is 0. The minimum absolute atomic E-state index is 0.0633. The molecule has 2 nitrogen and oxygen atoms in total. The van der Waals surface area contributed by atoms with Gasteiger partial charge in [-0.2, -0.15) is 0 Å². The number of nitrogens with one attached hydrogen (secondary N) is 1. The Morgan fingerprint density at radius 1 is 1.00 bits per heavy atom. The molecule has 0 amide bonds. The Kier molecular flexibility index (Phi) is 4.28. The van der Waals surface area contributed by atoms with Gasteiger partial charge in [-0.1, -0.05) is 48.0 Å². The van der Waals surface area contributed by atoms with Gasteiger partial charge in [0.2, 0.25) is 0 Å². The topological polar surface area (TPSA) is 29.1 Å². The Labute approximate surface area is 111 Å². The molecule has 2 aromatic carbocycles. The molecule has 0 unspecified atom stereocenters. The van der Waals surface area contributed by atoms with Crippen LogP contribution in [0.2, 0.25) is 0 Å². The highest BCUT2D eigenvalue weighted by Gasteiger charge is 2.09. The molecular weight excluding hydrogens is 242 g/mol. The highest BCUT2D eigenvalue weighted by molar-refractivity contribution is 7.83. The summed E-state index contributed by atoms with van der Waals surface area (Å²) in [5, 5.41) is 0. The summed E-state index contributed by atoms with van der Waals surface area (Å²) in [4.78, 5) is 0.809. The second-order valence-corrected chi connectivity index (χ2v) is 5.58. The Morgan fingerprint density at radius 2 is 1.61 bits per heavy atom. The van der Waals surface area contributed by atoms with Gasteiger partial charge in [-0.3, -0.25) is 0 Å². The van der Waals surface area contributed by atoms with E-state index in [0.717, 1.165) is 10.5 Å². The molecule has 0 aliphatic heterocycles. The van der Waals surface area contributed by atoms with E-state index < -0.39 is 11.0 Å². The highest BCUT2D eigenvalue weighted by atomic mass is 32.2. The number of aryl methyl sites for hydroxylation is 1. The molecule has 0 bridgehead atoms. The quantitative estimate of drug-likeness (QED) is 0.896. The van der Waals surface area contributed by atoms with E-state index in [1.807, 2.05) is 68.4 Å². The van der Waals surface area contributed by atoms with Crippen molar-refractivity contribution < 1.29 is 4.21 Å². The molecule has 0 aliphatic rings. The average Bonchev–Trinajstić information content (AvgIpc) is 2.40. The lowest BCUT2D eigenvalue weighted by molar-refractivity contribution is 0.651. The van der Waals surface area contributed by atoms with E-state index in [9.17, 15) is 4.21 Å². The van der Waals surface area contributed by atoms with Crippen molar-refractivity contribution in [1.29, 1.82) is 0 Å². The fourth-order valence-electron chi connectivity index (χ4n) is 1.70. The van der Waals surface area contributed by atoms with E-state index >= 15 is 0 Å². The van der Waals surface area contributed by atoms with Crippen molar-refractivity contribution in [3.05, 3.63) is 65.7 Å². The van der Waals surface area contributed by atoms with Crippen LogP contribution in [0.4, 0.5) is 0 Å². The van der Waals surface area contributed by atoms with Gasteiger partial charge < -0.3 is 0 Å². The van der Waals surface area contributed by atoms with Crippen molar-refractivity contribution in [2.24, 2.45) is 0 Å². The summed E-state index contributed by atoms with van der Waals surface area (Å²) in [6.45, 7) is 4.04. The minimum atomic E-state index is -1.17. The van der Waals surface area contributed by atoms with Crippen LogP contribution in [0.3, 0.4) is 0 Å². The van der Waals surface area contributed by atoms with Crippen molar-refractivity contribution in [1.82, 2.24) is 4.72 Å². The average molecular weight is 259 g/mol. The molecule has 0 radical (unpaired) electrons. The van der Waals surface area contributed by atoms with E-state index in [1.165, 1.54) is 5.56 Å². The van der Waals surface area contributed by atoms with Crippen LogP contribution in [0.25, 0.3) is 0 Å². The van der Waals surface area contributed by atoms with Gasteiger partial charge in [0.1, 0.15) is 11.0 Å². The summed E-state index contributed by atoms with van der Waals surface area (Å²) in [5.74, 6) is 0. The maximum absolute atomic E-state index is 12.1. The van der Waals surface area contributed by atoms with Crippen LogP contribution in [0, 0.1) is 6.92 Å². The summed E-state index contributed by atoms with van der Waals surface area (Å²) in [5.41, 5.74) is 2.31. The van der Waals surface area contributed by atoms with Gasteiger partial charge in [-0.15, -0.1) is 0 Å². The van der Waals surface area contributed by atoms with Gasteiger partial charge in [0.25, 0.3) is 0 Å². The standard InChI is InChI=1S/C15H17NOS/c1-12-8-10-15(11-9-12)18(17)16-13(2)14-6-4-3-5-7-14/h3-11,13,16H,1-2H3/t13-,18-/m0/s1. The van der Waals surface area contributed by atoms with Crippen molar-refractivity contribution in [2.45, 2.75) is 24.8 Å². The largest absolute Gasteiger partial charge is 0.237 e. The first-order chi connectivity index (χ1) is 8.66. The molecule has 0 fully saturated rings. The zero-order valence-electron chi connectivity index (χ0n) is 10.6. The summed E-state index contributed by atoms with van der Waals surface area (Å²) in [7, 11) is -1.17. The van der Waals surface area contributed by atoms with Crippen LogP contribution >= 0.6 is 0 Å². The molecule has 2 rings (SSSR count). The number of rotatable bonds is 4. The lowest BCUT2D eigenvalue weighted by atomic mass is 10.1. The van der Waals surface area contributed by atoms with E-state index in [0.29, 0.717) is 0 Å². The van der Waals surface area contributed by atoms with Crippen molar-refractivity contribution in [3.63, 3.8) is 0 Å². The van der Waals surface area contributed by atoms with Crippen molar-refractivity contribution in [3.8, 4) is 0 Å². The Hall–Kier alpha value is -1.45. The molecule has 1 N–H and O–H groups in total. The second-order valence-electron chi connectivity index (χ2n) is 4.33. The predicted octanol–water partition coefficient (Wildman–Crippen LogP) is 3.37. The molecule has 0 aromatic heterocycles. The molecule has 0 aliphatic carbocycles. The Morgan fingerprint density at radius 3 is 2.22 bits per heavy atom. The molecule has 2 aromatic rings. The number of benzene rings is 2. The van der Waals surface area contributed by atoms with E-state index in [4.69, 9.17) is 0 Å². The summed E-state index contributed by atoms with van der Waals surface area (Å²) in [6, 6.07) is 17.8. The van der Waals surface area contributed by atoms with Gasteiger partial charge in [0.15, 0.2) is 0 Å². The fourth-order valence-corrected chi connectivity index (χ4v) is 2.68. The van der Waals surface area contributed by atoms with Gasteiger partial charge in [-0.25, -0.2) is 8.93 Å². The van der Waals surface area contributed by atoms with Crippen LogP contribution in [-0.2, 0) is 11.0 Å². The zero-order valence-corrected chi connectivity index (χ0v) is 11.4. The third kappa shape index (κ3) is 3.28. The molecule has 0 saturated heterocycles. The van der Waals surface area contributed by atoms with Crippen molar-refractivity contribution in [2.75, 3.05) is 0 Å². The monoisotopic (exact) mass is 259 g/mol. The van der Waals surface area contributed by atoms with Gasteiger partial charge >= 0.3 is 0 Å². The smallest absolute Gasteiger partial charge is 0.125 e. The summed E-state index contributed by atoms with van der Waals surface area (Å²) >= 11 is 0. The molecule has 3 heteroatoms. The third-order valence-corrected chi connectivity index (χ3v) is 4.09. The molecule has 0 heterocycles. The Bertz CT molecular complexity index is 522. The maximum Gasteiger partial charge on any atom is 0.125 e. The van der Waals surface area contributed by atoms with E-state index in [-0.39, 0.29) is 6.04 Å². The van der Waals surface area contributed by atoms with Crippen LogP contribution in [-0.4, -0.2) is 4.21 Å². The zero-order chi connectivity index (χ0) is 13.0. The van der Waals surface area contributed by atoms with Crippen LogP contribution < -0.4 is 4.72 Å². The lowest BCUT2D eigenvalue weighted by Crippen LogP contribution is -2.21. The second kappa shape index (κ2) is 5.94. The SMILES string of the molecule is Cc1ccc([S@](=O)N[C@@H](C)c2ccccc2)cc1. The summed E-state index contributed by atoms with van der Waals surface area (Å²) < 4.78 is 15.2. The molecule has 94 valence electrons. The molecular formula is C15H17NOS. The maximum atomic E-state index is 12.1. The van der Waals surface area contributed by atoms with Crippen molar-refractivity contribution >= 4 is 11.0 Å². The molecule has 18 heavy (non-hydrogen) atoms. The van der Waals surface area contributed by atoms with Crippen LogP contribution in [0.5, 0.6) is 0 Å². The molecule has 0 saturated carbocycles. The third-order valence-electron chi connectivity index (χ3n) is 2.82. The number of hydrogen-bond donors (Lipinski definition) is 1. The van der Waals surface area contributed by atoms with E-state index in [1.54, 1.807) is 0 Å². The van der Waals surface area contributed by atoms with Gasteiger partial charge in [0.05, 0.1) is 4.90 Å². The minimum Gasteiger partial charge on any atom is -0.237 e. The molecule has 0 spiro atoms. The normalized spacial score (nSPS) is 14.1. The first kappa shape index (κ1) is 13.0. The van der Waals surface area contributed by atoms with E-state index in [2.05, 4.69) is 4.72 Å². The molecule has 2 atom stereocenters. The first-order valence-electron chi connectivity index (χ1n) is 5.96. The van der Waals surface area contributed by atoms with Crippen LogP contribution in [0.1, 0.15) is 24.1 Å². The fraction of sp³-hybridized carbons (Fsp3) is 0.200. The van der Waals surface area contributed by atoms with Gasteiger partial charge in [-0.05, 0) is 31.5 Å². The lowest BCUT2D eigenvalue weighted by Gasteiger charge is -2.13. The Balaban J connectivity index is 2.06. The number of hydrogen-bond acceptors (Lipinski definition) is 1. The van der Waals surface area contributed by atoms with Gasteiger partial charge in [0, 0.05) is 6.04 Å². The highest BCUT2D eigenvalue weighted by Crippen LogP contribution is 2.14.